The second-order valence-electron chi connectivity index (χ2n) is 4.54. The van der Waals surface area contributed by atoms with Gasteiger partial charge in [-0.15, -0.1) is 0 Å². The molecule has 1 atom stereocenters. The van der Waals surface area contributed by atoms with Crippen molar-refractivity contribution >= 4 is 0 Å². The average molecular weight is 245 g/mol. The molecule has 0 aliphatic carbocycles. The Hall–Kier alpha value is -1.68. The van der Waals surface area contributed by atoms with Gasteiger partial charge >= 0.3 is 0 Å². The first kappa shape index (κ1) is 12.8. The zero-order chi connectivity index (χ0) is 12.8. The highest BCUT2D eigenvalue weighted by Gasteiger charge is 2.06. The second-order valence-corrected chi connectivity index (χ2v) is 4.54. The third-order valence-electron chi connectivity index (χ3n) is 2.88. The maximum Gasteiger partial charge on any atom is 0.240 e. The van der Waals surface area contributed by atoms with Crippen molar-refractivity contribution in [3.63, 3.8) is 0 Å². The second kappa shape index (κ2) is 6.31. The van der Waals surface area contributed by atoms with E-state index in [1.165, 1.54) is 5.56 Å². The van der Waals surface area contributed by atoms with E-state index >= 15 is 0 Å². The first-order valence-corrected chi connectivity index (χ1v) is 6.30. The molecule has 0 amide bonds. The fourth-order valence-corrected chi connectivity index (χ4v) is 1.80. The Morgan fingerprint density at radius 2 is 2.06 bits per heavy atom. The van der Waals surface area contributed by atoms with Crippen molar-refractivity contribution < 1.29 is 4.52 Å². The molecule has 1 heterocycles. The molecule has 4 nitrogen and oxygen atoms in total. The Bertz CT molecular complexity index is 467. The van der Waals surface area contributed by atoms with Crippen molar-refractivity contribution in [2.75, 3.05) is 0 Å². The largest absolute Gasteiger partial charge is 0.338 e. The van der Waals surface area contributed by atoms with E-state index in [2.05, 4.69) is 46.6 Å². The van der Waals surface area contributed by atoms with Gasteiger partial charge in [-0.2, -0.15) is 4.98 Å². The van der Waals surface area contributed by atoms with Crippen LogP contribution in [-0.4, -0.2) is 16.2 Å². The number of benzene rings is 1. The number of hydrogen-bond donors (Lipinski definition) is 1. The van der Waals surface area contributed by atoms with Crippen molar-refractivity contribution in [2.45, 2.75) is 39.3 Å². The molecule has 0 fully saturated rings. The van der Waals surface area contributed by atoms with Gasteiger partial charge in [0.15, 0.2) is 5.82 Å². The molecule has 0 bridgehead atoms. The molecule has 0 spiro atoms. The lowest BCUT2D eigenvalue weighted by atomic mass is 10.1. The summed E-state index contributed by atoms with van der Waals surface area (Å²) in [5.41, 5.74) is 1.37. The van der Waals surface area contributed by atoms with Crippen LogP contribution in [0, 0.1) is 6.92 Å². The van der Waals surface area contributed by atoms with Crippen LogP contribution in [0.1, 0.15) is 30.6 Å². The zero-order valence-electron chi connectivity index (χ0n) is 10.9. The molecule has 4 heteroatoms. The minimum atomic E-state index is 0.428. The molecule has 96 valence electrons. The van der Waals surface area contributed by atoms with Crippen LogP contribution < -0.4 is 5.32 Å². The topological polar surface area (TPSA) is 51.0 Å². The predicted molar refractivity (Wildman–Crippen MR) is 70.1 cm³/mol. The highest BCUT2D eigenvalue weighted by molar-refractivity contribution is 5.14. The first-order chi connectivity index (χ1) is 8.74. The number of nitrogens with zero attached hydrogens (tertiary/aromatic N) is 2. The molecule has 0 saturated carbocycles. The van der Waals surface area contributed by atoms with Gasteiger partial charge in [-0.1, -0.05) is 35.5 Å². The number of aromatic nitrogens is 2. The van der Waals surface area contributed by atoms with Gasteiger partial charge in [0.05, 0.1) is 6.54 Å². The molecule has 1 aromatic carbocycles. The Morgan fingerprint density at radius 3 is 2.72 bits per heavy atom. The van der Waals surface area contributed by atoms with Crippen LogP contribution in [0.25, 0.3) is 0 Å². The quantitative estimate of drug-likeness (QED) is 0.849. The summed E-state index contributed by atoms with van der Waals surface area (Å²) in [6.07, 6.45) is 2.18. The Balaban J connectivity index is 1.71. The molecular weight excluding hydrogens is 226 g/mol. The smallest absolute Gasteiger partial charge is 0.240 e. The molecule has 1 N–H and O–H groups in total. The third-order valence-corrected chi connectivity index (χ3v) is 2.88. The number of hydrogen-bond acceptors (Lipinski definition) is 4. The molecule has 2 rings (SSSR count). The molecule has 1 unspecified atom stereocenters. The Kier molecular flexibility index (Phi) is 4.47. The molecule has 1 aromatic heterocycles. The van der Waals surface area contributed by atoms with E-state index in [1.807, 2.05) is 13.0 Å². The summed E-state index contributed by atoms with van der Waals surface area (Å²) in [5.74, 6) is 1.34. The maximum atomic E-state index is 5.05. The van der Waals surface area contributed by atoms with Crippen molar-refractivity contribution in [3.05, 3.63) is 47.6 Å². The van der Waals surface area contributed by atoms with Crippen molar-refractivity contribution in [1.29, 1.82) is 0 Å². The molecule has 0 aliphatic rings. The monoisotopic (exact) mass is 245 g/mol. The normalized spacial score (nSPS) is 12.6. The van der Waals surface area contributed by atoms with Gasteiger partial charge in [0, 0.05) is 6.04 Å². The highest BCUT2D eigenvalue weighted by Crippen LogP contribution is 2.05. The molecule has 0 aliphatic heterocycles. The number of nitrogens with one attached hydrogen (secondary N) is 1. The van der Waals surface area contributed by atoms with Crippen molar-refractivity contribution in [1.82, 2.24) is 15.5 Å². The summed E-state index contributed by atoms with van der Waals surface area (Å²) in [6.45, 7) is 4.63. The zero-order valence-corrected chi connectivity index (χ0v) is 10.9. The maximum absolute atomic E-state index is 5.05. The summed E-state index contributed by atoms with van der Waals surface area (Å²) < 4.78 is 5.05. The van der Waals surface area contributed by atoms with Crippen LogP contribution in [0.15, 0.2) is 34.9 Å². The SMILES string of the molecule is Cc1noc(CNC(C)CCc2ccccc2)n1. The van der Waals surface area contributed by atoms with E-state index in [0.717, 1.165) is 12.8 Å². The molecular formula is C14H19N3O. The fourth-order valence-electron chi connectivity index (χ4n) is 1.80. The van der Waals surface area contributed by atoms with E-state index < -0.39 is 0 Å². The van der Waals surface area contributed by atoms with Gasteiger partial charge in [0.2, 0.25) is 5.89 Å². The van der Waals surface area contributed by atoms with Gasteiger partial charge in [-0.3, -0.25) is 0 Å². The van der Waals surface area contributed by atoms with Crippen LogP contribution >= 0.6 is 0 Å². The Morgan fingerprint density at radius 1 is 1.28 bits per heavy atom. The lowest BCUT2D eigenvalue weighted by Gasteiger charge is -2.11. The van der Waals surface area contributed by atoms with Gasteiger partial charge in [0.25, 0.3) is 0 Å². The standard InChI is InChI=1S/C14H19N3O/c1-11(8-9-13-6-4-3-5-7-13)15-10-14-16-12(2)17-18-14/h3-7,11,15H,8-10H2,1-2H3. The molecule has 0 radical (unpaired) electrons. The van der Waals surface area contributed by atoms with E-state index in [1.54, 1.807) is 0 Å². The third kappa shape index (κ3) is 3.96. The van der Waals surface area contributed by atoms with Crippen molar-refractivity contribution in [2.24, 2.45) is 0 Å². The van der Waals surface area contributed by atoms with E-state index in [9.17, 15) is 0 Å². The van der Waals surface area contributed by atoms with E-state index in [-0.39, 0.29) is 0 Å². The molecule has 0 saturated heterocycles. The first-order valence-electron chi connectivity index (χ1n) is 6.30. The minimum absolute atomic E-state index is 0.428. The predicted octanol–water partition coefficient (Wildman–Crippen LogP) is 2.49. The average Bonchev–Trinajstić information content (AvgIpc) is 2.81. The van der Waals surface area contributed by atoms with Gasteiger partial charge in [-0.05, 0) is 32.3 Å². The number of aryl methyl sites for hydroxylation is 2. The van der Waals surface area contributed by atoms with Crippen LogP contribution in [0.2, 0.25) is 0 Å². The summed E-state index contributed by atoms with van der Waals surface area (Å²) >= 11 is 0. The summed E-state index contributed by atoms with van der Waals surface area (Å²) in [6, 6.07) is 11.0. The highest BCUT2D eigenvalue weighted by atomic mass is 16.5. The van der Waals surface area contributed by atoms with Crippen molar-refractivity contribution in [3.8, 4) is 0 Å². The van der Waals surface area contributed by atoms with Gasteiger partial charge in [-0.25, -0.2) is 0 Å². The van der Waals surface area contributed by atoms with Gasteiger partial charge in [0.1, 0.15) is 0 Å². The van der Waals surface area contributed by atoms with Crippen LogP contribution in [0.5, 0.6) is 0 Å². The summed E-state index contributed by atoms with van der Waals surface area (Å²) in [7, 11) is 0. The van der Waals surface area contributed by atoms with Crippen LogP contribution in [0.4, 0.5) is 0 Å². The summed E-state index contributed by atoms with van der Waals surface area (Å²) in [5, 5.41) is 7.15. The lowest BCUT2D eigenvalue weighted by Crippen LogP contribution is -2.26. The lowest BCUT2D eigenvalue weighted by molar-refractivity contribution is 0.354. The van der Waals surface area contributed by atoms with Crippen LogP contribution in [0.3, 0.4) is 0 Å². The van der Waals surface area contributed by atoms with E-state index in [0.29, 0.717) is 24.3 Å². The van der Waals surface area contributed by atoms with Gasteiger partial charge < -0.3 is 9.84 Å². The summed E-state index contributed by atoms with van der Waals surface area (Å²) in [4.78, 5) is 4.16. The molecule has 18 heavy (non-hydrogen) atoms. The van der Waals surface area contributed by atoms with Crippen LogP contribution in [-0.2, 0) is 13.0 Å². The molecule has 2 aromatic rings. The Labute approximate surface area is 107 Å². The fraction of sp³-hybridized carbons (Fsp3) is 0.429. The van der Waals surface area contributed by atoms with E-state index in [4.69, 9.17) is 4.52 Å². The minimum Gasteiger partial charge on any atom is -0.338 e. The number of rotatable bonds is 6.